The molecule has 0 saturated carbocycles. The lowest BCUT2D eigenvalue weighted by atomic mass is 10.1. The molecule has 0 bridgehead atoms. The van der Waals surface area contributed by atoms with Crippen molar-refractivity contribution in [1.29, 1.82) is 0 Å². The molecule has 0 radical (unpaired) electrons. The van der Waals surface area contributed by atoms with Crippen LogP contribution in [0.3, 0.4) is 0 Å². The van der Waals surface area contributed by atoms with Gasteiger partial charge in [-0.15, -0.1) is 0 Å². The number of alkyl halides is 3. The number of β-amino-alcohol motifs (C(OH)–C–C–N with tert-alkyl or cyclic N) is 1. The molecule has 0 aliphatic carbocycles. The molecule has 2 amide bonds. The predicted octanol–water partition coefficient (Wildman–Crippen LogP) is 0.303. The molecule has 1 saturated heterocycles. The number of nitrogens with zero attached hydrogens (tertiary/aromatic N) is 1. The van der Waals surface area contributed by atoms with Crippen LogP contribution < -0.4 is 10.6 Å². The Bertz CT molecular complexity index is 307. The summed E-state index contributed by atoms with van der Waals surface area (Å²) < 4.78 is 37.5. The van der Waals surface area contributed by atoms with Gasteiger partial charge in [0.2, 0.25) is 0 Å². The molecule has 5 nitrogen and oxygen atoms in total. The third-order valence-corrected chi connectivity index (χ3v) is 2.98. The zero-order chi connectivity index (χ0) is 14.0. The van der Waals surface area contributed by atoms with E-state index in [-0.39, 0.29) is 12.1 Å². The van der Waals surface area contributed by atoms with Crippen LogP contribution in [0.25, 0.3) is 0 Å². The SMILES string of the molecule is CNC(=O)NC1CCN(CC(C)(O)C(F)(F)F)C1. The van der Waals surface area contributed by atoms with Crippen molar-refractivity contribution in [2.45, 2.75) is 31.2 Å². The Hall–Kier alpha value is -1.02. The number of rotatable bonds is 3. The molecule has 2 atom stereocenters. The number of halogens is 3. The Morgan fingerprint density at radius 1 is 1.50 bits per heavy atom. The molecule has 1 rings (SSSR count). The smallest absolute Gasteiger partial charge is 0.380 e. The maximum absolute atomic E-state index is 12.5. The van der Waals surface area contributed by atoms with Gasteiger partial charge in [0.1, 0.15) is 0 Å². The summed E-state index contributed by atoms with van der Waals surface area (Å²) in [7, 11) is 1.47. The minimum atomic E-state index is -4.65. The largest absolute Gasteiger partial charge is 0.418 e. The Kier molecular flexibility index (Phi) is 4.44. The van der Waals surface area contributed by atoms with Gasteiger partial charge in [0.15, 0.2) is 5.60 Å². The third-order valence-electron chi connectivity index (χ3n) is 2.98. The van der Waals surface area contributed by atoms with Crippen LogP contribution in [-0.2, 0) is 0 Å². The van der Waals surface area contributed by atoms with Crippen LogP contribution in [0.1, 0.15) is 13.3 Å². The molecular weight excluding hydrogens is 251 g/mol. The van der Waals surface area contributed by atoms with Crippen molar-refractivity contribution < 1.29 is 23.1 Å². The molecule has 2 unspecified atom stereocenters. The quantitative estimate of drug-likeness (QED) is 0.690. The van der Waals surface area contributed by atoms with Gasteiger partial charge in [0, 0.05) is 32.7 Å². The lowest BCUT2D eigenvalue weighted by Crippen LogP contribution is -2.51. The average molecular weight is 269 g/mol. The van der Waals surface area contributed by atoms with Gasteiger partial charge >= 0.3 is 12.2 Å². The monoisotopic (exact) mass is 269 g/mol. The second-order valence-electron chi connectivity index (χ2n) is 4.72. The van der Waals surface area contributed by atoms with Crippen LogP contribution in [0.5, 0.6) is 0 Å². The third kappa shape index (κ3) is 3.74. The first-order valence-corrected chi connectivity index (χ1v) is 5.65. The molecule has 1 aliphatic rings. The Balaban J connectivity index is 2.46. The first-order chi connectivity index (χ1) is 8.15. The summed E-state index contributed by atoms with van der Waals surface area (Å²) in [6.07, 6.45) is -4.08. The molecule has 0 aromatic heterocycles. The first kappa shape index (κ1) is 15.0. The summed E-state index contributed by atoms with van der Waals surface area (Å²) in [5, 5.41) is 14.4. The molecule has 3 N–H and O–H groups in total. The zero-order valence-electron chi connectivity index (χ0n) is 10.3. The number of carbonyl (C=O) groups is 1. The summed E-state index contributed by atoms with van der Waals surface area (Å²) in [4.78, 5) is 12.5. The topological polar surface area (TPSA) is 64.6 Å². The van der Waals surface area contributed by atoms with E-state index in [1.807, 2.05) is 0 Å². The highest BCUT2D eigenvalue weighted by molar-refractivity contribution is 5.73. The number of carbonyl (C=O) groups excluding carboxylic acids is 1. The predicted molar refractivity (Wildman–Crippen MR) is 59.1 cm³/mol. The van der Waals surface area contributed by atoms with E-state index in [9.17, 15) is 23.1 Å². The van der Waals surface area contributed by atoms with Gasteiger partial charge in [-0.3, -0.25) is 4.90 Å². The summed E-state index contributed by atoms with van der Waals surface area (Å²) >= 11 is 0. The van der Waals surface area contributed by atoms with E-state index in [1.165, 1.54) is 11.9 Å². The van der Waals surface area contributed by atoms with Crippen LogP contribution in [0.4, 0.5) is 18.0 Å². The van der Waals surface area contributed by atoms with Gasteiger partial charge in [-0.25, -0.2) is 4.79 Å². The normalized spacial score (nSPS) is 24.7. The van der Waals surface area contributed by atoms with Crippen molar-refractivity contribution in [3.63, 3.8) is 0 Å². The number of hydrogen-bond donors (Lipinski definition) is 3. The Morgan fingerprint density at radius 2 is 2.11 bits per heavy atom. The molecule has 1 fully saturated rings. The van der Waals surface area contributed by atoms with Gasteiger partial charge < -0.3 is 15.7 Å². The number of hydrogen-bond acceptors (Lipinski definition) is 3. The fourth-order valence-corrected chi connectivity index (χ4v) is 1.88. The number of likely N-dealkylation sites (tertiary alicyclic amines) is 1. The number of nitrogens with one attached hydrogen (secondary N) is 2. The van der Waals surface area contributed by atoms with Crippen molar-refractivity contribution in [3.8, 4) is 0 Å². The van der Waals surface area contributed by atoms with E-state index < -0.39 is 18.3 Å². The van der Waals surface area contributed by atoms with Crippen LogP contribution in [-0.4, -0.2) is 60.5 Å². The molecular formula is C10H18F3N3O2. The Labute approximate surface area is 103 Å². The van der Waals surface area contributed by atoms with Crippen molar-refractivity contribution in [2.24, 2.45) is 0 Å². The molecule has 106 valence electrons. The minimum absolute atomic E-state index is 0.186. The van der Waals surface area contributed by atoms with Crippen molar-refractivity contribution >= 4 is 6.03 Å². The van der Waals surface area contributed by atoms with Gasteiger partial charge in [0.05, 0.1) is 0 Å². The first-order valence-electron chi connectivity index (χ1n) is 5.65. The van der Waals surface area contributed by atoms with Crippen LogP contribution in [0.15, 0.2) is 0 Å². The maximum Gasteiger partial charge on any atom is 0.418 e. The second kappa shape index (κ2) is 5.31. The van der Waals surface area contributed by atoms with Crippen molar-refractivity contribution in [1.82, 2.24) is 15.5 Å². The van der Waals surface area contributed by atoms with Crippen LogP contribution in [0, 0.1) is 0 Å². The molecule has 1 heterocycles. The lowest BCUT2D eigenvalue weighted by molar-refractivity contribution is -0.256. The molecule has 1 aliphatic heterocycles. The summed E-state index contributed by atoms with van der Waals surface area (Å²) in [5.74, 6) is 0. The van der Waals surface area contributed by atoms with Crippen LogP contribution in [0.2, 0.25) is 0 Å². The zero-order valence-corrected chi connectivity index (χ0v) is 10.3. The lowest BCUT2D eigenvalue weighted by Gasteiger charge is -2.30. The molecule has 0 aromatic carbocycles. The van der Waals surface area contributed by atoms with E-state index in [2.05, 4.69) is 10.6 Å². The molecule has 8 heteroatoms. The van der Waals surface area contributed by atoms with Gasteiger partial charge in [-0.2, -0.15) is 13.2 Å². The van der Waals surface area contributed by atoms with Gasteiger partial charge in [-0.05, 0) is 13.3 Å². The van der Waals surface area contributed by atoms with E-state index in [1.54, 1.807) is 0 Å². The van der Waals surface area contributed by atoms with Crippen LogP contribution >= 0.6 is 0 Å². The fourth-order valence-electron chi connectivity index (χ4n) is 1.88. The van der Waals surface area contributed by atoms with E-state index >= 15 is 0 Å². The number of amides is 2. The van der Waals surface area contributed by atoms with E-state index in [0.717, 1.165) is 6.92 Å². The highest BCUT2D eigenvalue weighted by atomic mass is 19.4. The molecule has 18 heavy (non-hydrogen) atoms. The summed E-state index contributed by atoms with van der Waals surface area (Å²) in [5.41, 5.74) is -2.73. The molecule has 0 aromatic rings. The Morgan fingerprint density at radius 3 is 2.61 bits per heavy atom. The second-order valence-corrected chi connectivity index (χ2v) is 4.72. The summed E-state index contributed by atoms with van der Waals surface area (Å²) in [6.45, 7) is 0.996. The average Bonchev–Trinajstić information content (AvgIpc) is 2.62. The van der Waals surface area contributed by atoms with E-state index in [0.29, 0.717) is 19.5 Å². The maximum atomic E-state index is 12.5. The summed E-state index contributed by atoms with van der Waals surface area (Å²) in [6, 6.07) is -0.543. The highest BCUT2D eigenvalue weighted by Crippen LogP contribution is 2.31. The van der Waals surface area contributed by atoms with Gasteiger partial charge in [-0.1, -0.05) is 0 Å². The van der Waals surface area contributed by atoms with Crippen molar-refractivity contribution in [3.05, 3.63) is 0 Å². The van der Waals surface area contributed by atoms with Crippen molar-refractivity contribution in [2.75, 3.05) is 26.7 Å². The number of aliphatic hydroxyl groups is 1. The standard InChI is InChI=1S/C10H18F3N3O2/c1-9(18,10(11,12)13)6-16-4-3-7(5-16)15-8(17)14-2/h7,18H,3-6H2,1-2H3,(H2,14,15,17). The van der Waals surface area contributed by atoms with Gasteiger partial charge in [0.25, 0.3) is 0 Å². The number of urea groups is 1. The highest BCUT2D eigenvalue weighted by Gasteiger charge is 2.51. The molecule has 0 spiro atoms. The minimum Gasteiger partial charge on any atom is -0.380 e. The van der Waals surface area contributed by atoms with E-state index in [4.69, 9.17) is 0 Å². The fraction of sp³-hybridized carbons (Fsp3) is 0.900.